The fourth-order valence-corrected chi connectivity index (χ4v) is 3.27. The lowest BCUT2D eigenvalue weighted by molar-refractivity contribution is -0.115. The van der Waals surface area contributed by atoms with E-state index in [4.69, 9.17) is 16.3 Å². The van der Waals surface area contributed by atoms with Gasteiger partial charge in [0.15, 0.2) is 10.8 Å². The van der Waals surface area contributed by atoms with Crippen LogP contribution in [0.5, 0.6) is 5.75 Å². The van der Waals surface area contributed by atoms with Crippen molar-refractivity contribution < 1.29 is 9.53 Å². The summed E-state index contributed by atoms with van der Waals surface area (Å²) in [5, 5.41) is 12.0. The highest BCUT2D eigenvalue weighted by Gasteiger charge is 2.19. The van der Waals surface area contributed by atoms with Gasteiger partial charge in [-0.3, -0.25) is 9.20 Å². The lowest BCUT2D eigenvalue weighted by Crippen LogP contribution is -2.23. The van der Waals surface area contributed by atoms with Crippen molar-refractivity contribution in [1.82, 2.24) is 14.6 Å². The third kappa shape index (κ3) is 3.72. The standard InChI is InChI=1S/C17H17ClN4O2S/c1-10-8-13(14(24-3)9-12(10)18)19-16(23)11(2)25-17-21-20-15-6-4-5-7-22(15)17/h4-9,11H,1-3H3,(H,19,23). The zero-order valence-corrected chi connectivity index (χ0v) is 15.6. The Balaban J connectivity index is 1.76. The average Bonchev–Trinajstić information content (AvgIpc) is 3.01. The highest BCUT2D eigenvalue weighted by atomic mass is 35.5. The monoisotopic (exact) mass is 376 g/mol. The summed E-state index contributed by atoms with van der Waals surface area (Å²) in [6.45, 7) is 3.69. The second kappa shape index (κ2) is 7.33. The summed E-state index contributed by atoms with van der Waals surface area (Å²) in [5.74, 6) is 0.367. The Morgan fingerprint density at radius 2 is 2.16 bits per heavy atom. The van der Waals surface area contributed by atoms with Crippen LogP contribution in [0.2, 0.25) is 5.02 Å². The number of carbonyl (C=O) groups is 1. The van der Waals surface area contributed by atoms with Crippen LogP contribution in [0.1, 0.15) is 12.5 Å². The van der Waals surface area contributed by atoms with Gasteiger partial charge in [0.25, 0.3) is 0 Å². The minimum atomic E-state index is -0.367. The Labute approximate surface area is 154 Å². The molecule has 2 aromatic heterocycles. The highest BCUT2D eigenvalue weighted by Crippen LogP contribution is 2.32. The molecule has 0 saturated heterocycles. The van der Waals surface area contributed by atoms with Gasteiger partial charge in [-0.05, 0) is 37.6 Å². The van der Waals surface area contributed by atoms with Crippen LogP contribution in [0.4, 0.5) is 5.69 Å². The van der Waals surface area contributed by atoms with Crippen molar-refractivity contribution in [3.63, 3.8) is 0 Å². The largest absolute Gasteiger partial charge is 0.495 e. The summed E-state index contributed by atoms with van der Waals surface area (Å²) in [6.07, 6.45) is 1.87. The predicted octanol–water partition coefficient (Wildman–Crippen LogP) is 3.82. The fourth-order valence-electron chi connectivity index (χ4n) is 2.28. The van der Waals surface area contributed by atoms with E-state index in [0.717, 1.165) is 11.2 Å². The number of hydrogen-bond donors (Lipinski definition) is 1. The molecule has 25 heavy (non-hydrogen) atoms. The van der Waals surface area contributed by atoms with Crippen LogP contribution in [0, 0.1) is 6.92 Å². The Morgan fingerprint density at radius 3 is 2.92 bits per heavy atom. The Bertz CT molecular complexity index is 928. The van der Waals surface area contributed by atoms with Crippen molar-refractivity contribution in [3.8, 4) is 5.75 Å². The third-order valence-corrected chi connectivity index (χ3v) is 5.14. The van der Waals surface area contributed by atoms with Gasteiger partial charge in [0.1, 0.15) is 5.75 Å². The number of thioether (sulfide) groups is 1. The second-order valence-electron chi connectivity index (χ2n) is 5.46. The zero-order chi connectivity index (χ0) is 18.0. The van der Waals surface area contributed by atoms with Crippen molar-refractivity contribution in [3.05, 3.63) is 47.1 Å². The molecular weight excluding hydrogens is 360 g/mol. The van der Waals surface area contributed by atoms with E-state index in [1.54, 1.807) is 12.1 Å². The van der Waals surface area contributed by atoms with Gasteiger partial charge in [0, 0.05) is 17.3 Å². The number of ether oxygens (including phenoxy) is 1. The van der Waals surface area contributed by atoms with Gasteiger partial charge >= 0.3 is 0 Å². The quantitative estimate of drug-likeness (QED) is 0.685. The molecule has 0 aliphatic rings. The number of aromatic nitrogens is 3. The number of anilines is 1. The topological polar surface area (TPSA) is 68.5 Å². The number of aryl methyl sites for hydroxylation is 1. The number of benzene rings is 1. The van der Waals surface area contributed by atoms with Crippen LogP contribution in [-0.2, 0) is 4.79 Å². The zero-order valence-electron chi connectivity index (χ0n) is 14.0. The molecule has 1 aromatic carbocycles. The third-order valence-electron chi connectivity index (χ3n) is 3.67. The van der Waals surface area contributed by atoms with Gasteiger partial charge < -0.3 is 10.1 Å². The van der Waals surface area contributed by atoms with Crippen LogP contribution >= 0.6 is 23.4 Å². The van der Waals surface area contributed by atoms with Gasteiger partial charge in [-0.25, -0.2) is 0 Å². The smallest absolute Gasteiger partial charge is 0.237 e. The highest BCUT2D eigenvalue weighted by molar-refractivity contribution is 8.00. The number of carbonyl (C=O) groups excluding carboxylic acids is 1. The molecule has 0 aliphatic heterocycles. The van der Waals surface area contributed by atoms with E-state index in [0.29, 0.717) is 21.6 Å². The van der Waals surface area contributed by atoms with Crippen LogP contribution in [0.25, 0.3) is 5.65 Å². The number of halogens is 1. The van der Waals surface area contributed by atoms with Gasteiger partial charge in [-0.2, -0.15) is 0 Å². The Morgan fingerprint density at radius 1 is 1.36 bits per heavy atom. The first-order valence-corrected chi connectivity index (χ1v) is 8.86. The molecule has 8 heteroatoms. The molecule has 0 aliphatic carbocycles. The summed E-state index contributed by atoms with van der Waals surface area (Å²) in [6, 6.07) is 9.14. The normalized spacial score (nSPS) is 12.2. The van der Waals surface area contributed by atoms with E-state index in [1.807, 2.05) is 42.6 Å². The van der Waals surface area contributed by atoms with Gasteiger partial charge in [0.05, 0.1) is 18.0 Å². The molecule has 1 amide bonds. The predicted molar refractivity (Wildman–Crippen MR) is 99.7 cm³/mol. The first kappa shape index (κ1) is 17.6. The molecule has 3 aromatic rings. The minimum Gasteiger partial charge on any atom is -0.495 e. The first-order chi connectivity index (χ1) is 12.0. The van der Waals surface area contributed by atoms with Crippen molar-refractivity contribution in [2.45, 2.75) is 24.3 Å². The van der Waals surface area contributed by atoms with E-state index in [9.17, 15) is 4.79 Å². The Kier molecular flexibility index (Phi) is 5.15. The van der Waals surface area contributed by atoms with E-state index < -0.39 is 0 Å². The molecule has 6 nitrogen and oxygen atoms in total. The molecule has 0 radical (unpaired) electrons. The molecule has 1 atom stereocenters. The number of hydrogen-bond acceptors (Lipinski definition) is 5. The van der Waals surface area contributed by atoms with Gasteiger partial charge in [-0.15, -0.1) is 10.2 Å². The molecule has 1 N–H and O–H groups in total. The SMILES string of the molecule is COc1cc(Cl)c(C)cc1NC(=O)C(C)Sc1nnc2ccccn12. The maximum Gasteiger partial charge on any atom is 0.237 e. The van der Waals surface area contributed by atoms with E-state index in [1.165, 1.54) is 18.9 Å². The number of methoxy groups -OCH3 is 1. The number of pyridine rings is 1. The number of nitrogens with one attached hydrogen (secondary N) is 1. The maximum atomic E-state index is 12.6. The molecule has 3 rings (SSSR count). The molecule has 0 bridgehead atoms. The van der Waals surface area contributed by atoms with Gasteiger partial charge in [0.2, 0.25) is 5.91 Å². The molecule has 2 heterocycles. The lowest BCUT2D eigenvalue weighted by atomic mass is 10.2. The lowest BCUT2D eigenvalue weighted by Gasteiger charge is -2.15. The van der Waals surface area contributed by atoms with Crippen molar-refractivity contribution in [2.75, 3.05) is 12.4 Å². The van der Waals surface area contributed by atoms with Crippen LogP contribution in [0.15, 0.2) is 41.7 Å². The molecule has 130 valence electrons. The first-order valence-electron chi connectivity index (χ1n) is 7.61. The maximum absolute atomic E-state index is 12.6. The molecule has 0 saturated carbocycles. The summed E-state index contributed by atoms with van der Waals surface area (Å²) >= 11 is 7.44. The van der Waals surface area contributed by atoms with E-state index in [-0.39, 0.29) is 11.2 Å². The second-order valence-corrected chi connectivity index (χ2v) is 7.18. The van der Waals surface area contributed by atoms with Gasteiger partial charge in [-0.1, -0.05) is 29.4 Å². The van der Waals surface area contributed by atoms with E-state index in [2.05, 4.69) is 15.5 Å². The number of fused-ring (bicyclic) bond motifs is 1. The summed E-state index contributed by atoms with van der Waals surface area (Å²) in [7, 11) is 1.54. The molecular formula is C17H17ClN4O2S. The number of rotatable bonds is 5. The van der Waals surface area contributed by atoms with Crippen molar-refractivity contribution in [2.24, 2.45) is 0 Å². The van der Waals surface area contributed by atoms with Crippen molar-refractivity contribution in [1.29, 1.82) is 0 Å². The fraction of sp³-hybridized carbons (Fsp3) is 0.235. The number of nitrogens with zero attached hydrogens (tertiary/aromatic N) is 3. The van der Waals surface area contributed by atoms with Crippen LogP contribution < -0.4 is 10.1 Å². The summed E-state index contributed by atoms with van der Waals surface area (Å²) in [5.41, 5.74) is 2.20. The van der Waals surface area contributed by atoms with Crippen LogP contribution in [-0.4, -0.2) is 32.9 Å². The molecule has 0 spiro atoms. The van der Waals surface area contributed by atoms with Crippen molar-refractivity contribution >= 4 is 40.6 Å². The average molecular weight is 377 g/mol. The Hall–Kier alpha value is -2.25. The molecule has 0 fully saturated rings. The summed E-state index contributed by atoms with van der Waals surface area (Å²) < 4.78 is 7.14. The molecule has 1 unspecified atom stereocenters. The number of amides is 1. The van der Waals surface area contributed by atoms with Crippen LogP contribution in [0.3, 0.4) is 0 Å². The summed E-state index contributed by atoms with van der Waals surface area (Å²) in [4.78, 5) is 12.6. The minimum absolute atomic E-state index is 0.155. The van der Waals surface area contributed by atoms with E-state index >= 15 is 0 Å².